The van der Waals surface area contributed by atoms with E-state index in [0.29, 0.717) is 22.3 Å². The molecule has 5 heteroatoms. The van der Waals surface area contributed by atoms with Gasteiger partial charge in [0.1, 0.15) is 5.57 Å². The molecule has 2 aliphatic rings. The van der Waals surface area contributed by atoms with Crippen LogP contribution in [0.15, 0.2) is 72.3 Å². The van der Waals surface area contributed by atoms with Gasteiger partial charge in [0.05, 0.1) is 0 Å². The van der Waals surface area contributed by atoms with Gasteiger partial charge in [0.25, 0.3) is 0 Å². The second-order valence-electron chi connectivity index (χ2n) is 6.00. The van der Waals surface area contributed by atoms with Crippen molar-refractivity contribution in [2.75, 3.05) is 0 Å². The molecule has 2 aliphatic carbocycles. The van der Waals surface area contributed by atoms with Crippen LogP contribution in [0.4, 0.5) is 13.2 Å². The van der Waals surface area contributed by atoms with Gasteiger partial charge in [0.15, 0.2) is 11.6 Å². The maximum absolute atomic E-state index is 13.4. The minimum atomic E-state index is -4.76. The van der Waals surface area contributed by atoms with Crippen molar-refractivity contribution in [3.63, 3.8) is 0 Å². The predicted molar refractivity (Wildman–Crippen MR) is 91.6 cm³/mol. The molecule has 0 saturated heterocycles. The van der Waals surface area contributed by atoms with E-state index in [9.17, 15) is 22.8 Å². The molecule has 0 bridgehead atoms. The average molecular weight is 352 g/mol. The zero-order chi connectivity index (χ0) is 18.5. The van der Waals surface area contributed by atoms with Crippen LogP contribution in [0, 0.1) is 0 Å². The van der Waals surface area contributed by atoms with Gasteiger partial charge in [0.2, 0.25) is 0 Å². The molecule has 0 saturated carbocycles. The molecule has 0 atom stereocenters. The lowest BCUT2D eigenvalue weighted by molar-refractivity contribution is -0.0887. The van der Waals surface area contributed by atoms with Gasteiger partial charge in [-0.15, -0.1) is 0 Å². The van der Waals surface area contributed by atoms with Crippen LogP contribution in [0.2, 0.25) is 0 Å². The highest BCUT2D eigenvalue weighted by molar-refractivity contribution is 6.22. The van der Waals surface area contributed by atoms with Gasteiger partial charge in [-0.1, -0.05) is 48.5 Å². The standard InChI is InChI=1S/C21H11F3O2/c22-21(23,24)18-11-17(13-6-2-4-8-16(13)20(18)26)14-9-10-19(25)15-7-3-1-5-12(14)15/h1-11H/b17-14+. The first-order chi connectivity index (χ1) is 12.4. The fourth-order valence-electron chi connectivity index (χ4n) is 3.29. The fraction of sp³-hybridized carbons (Fsp3) is 0.0476. The monoisotopic (exact) mass is 352 g/mol. The second-order valence-corrected chi connectivity index (χ2v) is 6.00. The second kappa shape index (κ2) is 5.66. The lowest BCUT2D eigenvalue weighted by Gasteiger charge is -2.23. The molecule has 0 radical (unpaired) electrons. The van der Waals surface area contributed by atoms with E-state index >= 15 is 0 Å². The maximum Gasteiger partial charge on any atom is 0.420 e. The number of carbonyl (C=O) groups is 2. The van der Waals surface area contributed by atoms with Gasteiger partial charge < -0.3 is 0 Å². The third-order valence-electron chi connectivity index (χ3n) is 4.47. The quantitative estimate of drug-likeness (QED) is 0.666. The van der Waals surface area contributed by atoms with Gasteiger partial charge in [-0.25, -0.2) is 0 Å². The number of fused-ring (bicyclic) bond motifs is 2. The number of ketones is 2. The van der Waals surface area contributed by atoms with E-state index in [4.69, 9.17) is 0 Å². The van der Waals surface area contributed by atoms with Crippen molar-refractivity contribution < 1.29 is 22.8 Å². The van der Waals surface area contributed by atoms with E-state index in [1.807, 2.05) is 0 Å². The maximum atomic E-state index is 13.4. The van der Waals surface area contributed by atoms with E-state index in [0.717, 1.165) is 6.08 Å². The molecule has 26 heavy (non-hydrogen) atoms. The van der Waals surface area contributed by atoms with E-state index in [-0.39, 0.29) is 16.9 Å². The smallest absolute Gasteiger partial charge is 0.289 e. The topological polar surface area (TPSA) is 34.1 Å². The number of Topliss-reactive ketones (excluding diaryl/α,β-unsaturated/α-hetero) is 1. The van der Waals surface area contributed by atoms with Crippen molar-refractivity contribution in [3.05, 3.63) is 94.6 Å². The van der Waals surface area contributed by atoms with E-state index in [1.54, 1.807) is 36.4 Å². The highest BCUT2D eigenvalue weighted by atomic mass is 19.4. The lowest BCUT2D eigenvalue weighted by Crippen LogP contribution is -2.24. The first-order valence-corrected chi connectivity index (χ1v) is 7.87. The molecule has 0 aliphatic heterocycles. The highest BCUT2D eigenvalue weighted by Crippen LogP contribution is 2.42. The molecule has 2 nitrogen and oxygen atoms in total. The normalized spacial score (nSPS) is 19.1. The van der Waals surface area contributed by atoms with E-state index < -0.39 is 17.5 Å². The largest absolute Gasteiger partial charge is 0.420 e. The Labute approximate surface area is 147 Å². The van der Waals surface area contributed by atoms with Crippen molar-refractivity contribution in [1.82, 2.24) is 0 Å². The molecule has 2 aromatic rings. The van der Waals surface area contributed by atoms with Crippen molar-refractivity contribution in [2.24, 2.45) is 0 Å². The Morgan fingerprint density at radius 1 is 0.654 bits per heavy atom. The van der Waals surface area contributed by atoms with Crippen LogP contribution in [0.1, 0.15) is 31.8 Å². The zero-order valence-corrected chi connectivity index (χ0v) is 13.3. The van der Waals surface area contributed by atoms with Crippen molar-refractivity contribution in [1.29, 1.82) is 0 Å². The van der Waals surface area contributed by atoms with E-state index in [1.165, 1.54) is 24.3 Å². The van der Waals surface area contributed by atoms with Crippen molar-refractivity contribution in [2.45, 2.75) is 6.18 Å². The SMILES string of the molecule is O=C1C=C/C(=C2/C=C(C(F)(F)F)C(=O)c3ccccc32)c2ccccc21. The van der Waals surface area contributed by atoms with Crippen LogP contribution < -0.4 is 0 Å². The summed E-state index contributed by atoms with van der Waals surface area (Å²) in [5, 5.41) is 0. The molecule has 0 spiro atoms. The van der Waals surface area contributed by atoms with Gasteiger partial charge in [0, 0.05) is 11.1 Å². The first kappa shape index (κ1) is 16.3. The minimum absolute atomic E-state index is 0.00704. The van der Waals surface area contributed by atoms with Crippen LogP contribution in [-0.2, 0) is 0 Å². The van der Waals surface area contributed by atoms with Crippen LogP contribution in [0.25, 0.3) is 11.1 Å². The molecule has 0 heterocycles. The van der Waals surface area contributed by atoms with Crippen LogP contribution in [0.5, 0.6) is 0 Å². The van der Waals surface area contributed by atoms with Crippen molar-refractivity contribution in [3.8, 4) is 0 Å². The molecule has 0 N–H and O–H groups in total. The Balaban J connectivity index is 2.08. The molecule has 0 unspecified atom stereocenters. The summed E-state index contributed by atoms with van der Waals surface area (Å²) < 4.78 is 40.2. The third-order valence-corrected chi connectivity index (χ3v) is 4.47. The summed E-state index contributed by atoms with van der Waals surface area (Å²) >= 11 is 0. The number of alkyl halides is 3. The Kier molecular flexibility index (Phi) is 3.54. The number of benzene rings is 2. The average Bonchev–Trinajstić information content (AvgIpc) is 2.62. The zero-order valence-electron chi connectivity index (χ0n) is 13.3. The summed E-state index contributed by atoms with van der Waals surface area (Å²) in [6, 6.07) is 13.0. The predicted octanol–water partition coefficient (Wildman–Crippen LogP) is 5.03. The molecule has 0 fully saturated rings. The number of hydrogen-bond donors (Lipinski definition) is 0. The number of allylic oxidation sites excluding steroid dienone is 6. The number of halogens is 3. The summed E-state index contributed by atoms with van der Waals surface area (Å²) in [5.74, 6) is -1.24. The lowest BCUT2D eigenvalue weighted by atomic mass is 9.80. The van der Waals surface area contributed by atoms with Gasteiger partial charge in [-0.3, -0.25) is 9.59 Å². The summed E-state index contributed by atoms with van der Waals surface area (Å²) in [7, 11) is 0. The number of rotatable bonds is 0. The summed E-state index contributed by atoms with van der Waals surface area (Å²) in [6.07, 6.45) is -1.02. The van der Waals surface area contributed by atoms with E-state index in [2.05, 4.69) is 0 Å². The summed E-state index contributed by atoms with van der Waals surface area (Å²) in [5.41, 5.74) is 0.972. The van der Waals surface area contributed by atoms with Crippen LogP contribution in [0.3, 0.4) is 0 Å². The molecule has 0 amide bonds. The van der Waals surface area contributed by atoms with Crippen LogP contribution in [-0.4, -0.2) is 17.7 Å². The number of hydrogen-bond acceptors (Lipinski definition) is 2. The van der Waals surface area contributed by atoms with Gasteiger partial charge in [-0.05, 0) is 40.5 Å². The molecular formula is C21H11F3O2. The van der Waals surface area contributed by atoms with Gasteiger partial charge in [-0.2, -0.15) is 13.2 Å². The molecule has 4 rings (SSSR count). The fourth-order valence-corrected chi connectivity index (χ4v) is 3.29. The minimum Gasteiger partial charge on any atom is -0.289 e. The molecular weight excluding hydrogens is 341 g/mol. The van der Waals surface area contributed by atoms with Crippen LogP contribution >= 0.6 is 0 Å². The third kappa shape index (κ3) is 2.44. The Morgan fingerprint density at radius 2 is 1.19 bits per heavy atom. The molecule has 128 valence electrons. The first-order valence-electron chi connectivity index (χ1n) is 7.87. The summed E-state index contributed by atoms with van der Waals surface area (Å²) in [4.78, 5) is 24.4. The molecule has 0 aromatic heterocycles. The molecule has 2 aromatic carbocycles. The Bertz CT molecular complexity index is 1050. The van der Waals surface area contributed by atoms with Gasteiger partial charge >= 0.3 is 6.18 Å². The van der Waals surface area contributed by atoms with Crippen molar-refractivity contribution >= 4 is 22.7 Å². The summed E-state index contributed by atoms with van der Waals surface area (Å²) in [6.45, 7) is 0. The highest BCUT2D eigenvalue weighted by Gasteiger charge is 2.42. The Morgan fingerprint density at radius 3 is 1.81 bits per heavy atom. The number of carbonyl (C=O) groups excluding carboxylic acids is 2. The Hall–Kier alpha value is -3.21.